The van der Waals surface area contributed by atoms with Crippen LogP contribution in [0.2, 0.25) is 0 Å². The van der Waals surface area contributed by atoms with Gasteiger partial charge in [-0.25, -0.2) is 9.59 Å². The molecule has 2 aromatic carbocycles. The van der Waals surface area contributed by atoms with Crippen LogP contribution in [0.1, 0.15) is 21.5 Å². The number of carboxylic acid groups (broad SMARTS) is 1. The molecule has 0 bridgehead atoms. The van der Waals surface area contributed by atoms with Gasteiger partial charge in [-0.3, -0.25) is 4.57 Å². The van der Waals surface area contributed by atoms with Crippen LogP contribution < -0.4 is 0 Å². The number of benzene rings is 2. The number of nitriles is 1. The first-order valence-corrected chi connectivity index (χ1v) is 7.09. The largest absolute Gasteiger partial charge is 0.478 e. The van der Waals surface area contributed by atoms with Gasteiger partial charge < -0.3 is 9.84 Å². The van der Waals surface area contributed by atoms with Gasteiger partial charge in [-0.2, -0.15) is 5.26 Å². The second-order valence-corrected chi connectivity index (χ2v) is 5.10. The Kier molecular flexibility index (Phi) is 4.00. The minimum Gasteiger partial charge on any atom is -0.478 e. The molecule has 0 saturated carbocycles. The normalized spacial score (nSPS) is 10.3. The molecule has 0 atom stereocenters. The van der Waals surface area contributed by atoms with E-state index < -0.39 is 12.1 Å². The molecule has 0 amide bonds. The third kappa shape index (κ3) is 2.83. The van der Waals surface area contributed by atoms with E-state index in [0.29, 0.717) is 16.5 Å². The summed E-state index contributed by atoms with van der Waals surface area (Å²) in [4.78, 5) is 23.7. The topological polar surface area (TPSA) is 92.3 Å². The molecule has 0 fully saturated rings. The fourth-order valence-electron chi connectivity index (χ4n) is 2.41. The number of carbonyl (C=O) groups excluding carboxylic acids is 1. The second kappa shape index (κ2) is 6.26. The Balaban J connectivity index is 1.97. The van der Waals surface area contributed by atoms with Gasteiger partial charge in [0.2, 0.25) is 0 Å². The first-order valence-electron chi connectivity index (χ1n) is 7.09. The minimum absolute atomic E-state index is 0.0221. The highest BCUT2D eigenvalue weighted by atomic mass is 16.5. The number of rotatable bonds is 3. The minimum atomic E-state index is -1.15. The Hall–Kier alpha value is -3.59. The monoisotopic (exact) mass is 320 g/mol. The Morgan fingerprint density at radius 3 is 2.58 bits per heavy atom. The van der Waals surface area contributed by atoms with Crippen LogP contribution in [0.25, 0.3) is 10.9 Å². The smallest absolute Gasteiger partial charge is 0.418 e. The molecule has 1 N–H and O–H groups in total. The lowest BCUT2D eigenvalue weighted by molar-refractivity contribution is 0.0699. The van der Waals surface area contributed by atoms with Gasteiger partial charge in [-0.05, 0) is 17.7 Å². The number of hydrogen-bond donors (Lipinski definition) is 1. The van der Waals surface area contributed by atoms with Gasteiger partial charge in [0.05, 0.1) is 22.7 Å². The molecule has 0 aliphatic carbocycles. The molecule has 0 unspecified atom stereocenters. The maximum absolute atomic E-state index is 12.3. The standard InChI is InChI=1S/C18H12N2O4/c19-9-13-6-7-14-15(17(21)22)10-20(16(14)8-13)18(23)24-11-12-4-2-1-3-5-12/h1-8,10H,11H2,(H,21,22). The van der Waals surface area contributed by atoms with Gasteiger partial charge in [-0.1, -0.05) is 36.4 Å². The summed E-state index contributed by atoms with van der Waals surface area (Å²) in [5, 5.41) is 18.7. The zero-order valence-corrected chi connectivity index (χ0v) is 12.5. The average Bonchev–Trinajstić information content (AvgIpc) is 2.99. The molecule has 3 rings (SSSR count). The van der Waals surface area contributed by atoms with E-state index >= 15 is 0 Å². The molecule has 3 aromatic rings. The number of aromatic nitrogens is 1. The van der Waals surface area contributed by atoms with Crippen LogP contribution in [-0.4, -0.2) is 21.7 Å². The number of fused-ring (bicyclic) bond motifs is 1. The van der Waals surface area contributed by atoms with E-state index in [4.69, 9.17) is 10.00 Å². The maximum atomic E-state index is 12.3. The fourth-order valence-corrected chi connectivity index (χ4v) is 2.41. The van der Waals surface area contributed by atoms with Gasteiger partial charge in [0.1, 0.15) is 6.61 Å². The average molecular weight is 320 g/mol. The lowest BCUT2D eigenvalue weighted by Gasteiger charge is -2.06. The molecule has 1 heterocycles. The molecule has 0 aliphatic rings. The van der Waals surface area contributed by atoms with Crippen LogP contribution in [-0.2, 0) is 11.3 Å². The first kappa shape index (κ1) is 15.3. The number of aromatic carboxylic acids is 1. The van der Waals surface area contributed by atoms with Gasteiger partial charge in [-0.15, -0.1) is 0 Å². The maximum Gasteiger partial charge on any atom is 0.418 e. The van der Waals surface area contributed by atoms with Crippen molar-refractivity contribution in [1.29, 1.82) is 5.26 Å². The Bertz CT molecular complexity index is 968. The van der Waals surface area contributed by atoms with E-state index in [1.807, 2.05) is 36.4 Å². The predicted molar refractivity (Wildman–Crippen MR) is 85.6 cm³/mol. The van der Waals surface area contributed by atoms with E-state index in [9.17, 15) is 14.7 Å². The number of hydrogen-bond acceptors (Lipinski definition) is 4. The number of carbonyl (C=O) groups is 2. The zero-order valence-electron chi connectivity index (χ0n) is 12.5. The van der Waals surface area contributed by atoms with Crippen LogP contribution in [0.15, 0.2) is 54.7 Å². The fraction of sp³-hybridized carbons (Fsp3) is 0.0556. The summed E-state index contributed by atoms with van der Waals surface area (Å²) in [6.45, 7) is 0.0691. The Morgan fingerprint density at radius 2 is 1.92 bits per heavy atom. The van der Waals surface area contributed by atoms with Crippen molar-refractivity contribution in [2.24, 2.45) is 0 Å². The third-order valence-corrected chi connectivity index (χ3v) is 3.57. The summed E-state index contributed by atoms with van der Waals surface area (Å²) < 4.78 is 6.35. The molecule has 6 heteroatoms. The summed E-state index contributed by atoms with van der Waals surface area (Å²) in [5.41, 5.74) is 1.45. The van der Waals surface area contributed by atoms with Crippen molar-refractivity contribution in [3.05, 3.63) is 71.4 Å². The quantitative estimate of drug-likeness (QED) is 0.798. The van der Waals surface area contributed by atoms with Crippen LogP contribution in [0.3, 0.4) is 0 Å². The molecule has 1 aromatic heterocycles. The van der Waals surface area contributed by atoms with Gasteiger partial charge in [0, 0.05) is 11.6 Å². The zero-order chi connectivity index (χ0) is 17.1. The molecule has 118 valence electrons. The molecule has 0 spiro atoms. The van der Waals surface area contributed by atoms with E-state index in [0.717, 1.165) is 10.1 Å². The first-order chi connectivity index (χ1) is 11.6. The third-order valence-electron chi connectivity index (χ3n) is 3.57. The predicted octanol–water partition coefficient (Wildman–Crippen LogP) is 3.40. The molecule has 0 aliphatic heterocycles. The number of ether oxygens (including phenoxy) is 1. The lowest BCUT2D eigenvalue weighted by atomic mass is 10.1. The van der Waals surface area contributed by atoms with Crippen molar-refractivity contribution in [3.8, 4) is 6.07 Å². The highest BCUT2D eigenvalue weighted by Crippen LogP contribution is 2.23. The van der Waals surface area contributed by atoms with Crippen LogP contribution in [0.5, 0.6) is 0 Å². The highest BCUT2D eigenvalue weighted by Gasteiger charge is 2.19. The van der Waals surface area contributed by atoms with Crippen molar-refractivity contribution in [2.75, 3.05) is 0 Å². The van der Waals surface area contributed by atoms with Crippen molar-refractivity contribution in [3.63, 3.8) is 0 Å². The Morgan fingerprint density at radius 1 is 1.17 bits per heavy atom. The molecule has 0 radical (unpaired) electrons. The van der Waals surface area contributed by atoms with Crippen molar-refractivity contribution in [2.45, 2.75) is 6.61 Å². The summed E-state index contributed by atoms with van der Waals surface area (Å²) in [6.07, 6.45) is 0.507. The number of nitrogens with zero attached hydrogens (tertiary/aromatic N) is 2. The summed E-state index contributed by atoms with van der Waals surface area (Å²) in [7, 11) is 0. The SMILES string of the molecule is N#Cc1ccc2c(C(=O)O)cn(C(=O)OCc3ccccc3)c2c1. The summed E-state index contributed by atoms with van der Waals surface area (Å²) >= 11 is 0. The summed E-state index contributed by atoms with van der Waals surface area (Å²) in [6, 6.07) is 15.6. The van der Waals surface area contributed by atoms with E-state index in [2.05, 4.69) is 0 Å². The molecular weight excluding hydrogens is 308 g/mol. The Labute approximate surface area is 137 Å². The van der Waals surface area contributed by atoms with Crippen molar-refractivity contribution < 1.29 is 19.4 Å². The van der Waals surface area contributed by atoms with E-state index in [-0.39, 0.29) is 12.2 Å². The van der Waals surface area contributed by atoms with Crippen molar-refractivity contribution in [1.82, 2.24) is 4.57 Å². The molecular formula is C18H12N2O4. The lowest BCUT2D eigenvalue weighted by Crippen LogP contribution is -2.12. The molecule has 24 heavy (non-hydrogen) atoms. The molecule has 0 saturated heterocycles. The van der Waals surface area contributed by atoms with Gasteiger partial charge >= 0.3 is 12.1 Å². The second-order valence-electron chi connectivity index (χ2n) is 5.10. The van der Waals surface area contributed by atoms with Crippen LogP contribution in [0.4, 0.5) is 4.79 Å². The molecule has 6 nitrogen and oxygen atoms in total. The van der Waals surface area contributed by atoms with Crippen LogP contribution >= 0.6 is 0 Å². The summed E-state index contributed by atoms with van der Waals surface area (Å²) in [5.74, 6) is -1.15. The van der Waals surface area contributed by atoms with E-state index in [1.165, 1.54) is 24.4 Å². The van der Waals surface area contributed by atoms with Gasteiger partial charge in [0.15, 0.2) is 0 Å². The highest BCUT2D eigenvalue weighted by molar-refractivity contribution is 6.06. The van der Waals surface area contributed by atoms with Crippen LogP contribution in [0, 0.1) is 11.3 Å². The number of carboxylic acids is 1. The van der Waals surface area contributed by atoms with E-state index in [1.54, 1.807) is 0 Å². The van der Waals surface area contributed by atoms with Gasteiger partial charge in [0.25, 0.3) is 0 Å². The van der Waals surface area contributed by atoms with Crippen molar-refractivity contribution >= 4 is 23.0 Å².